The molecule has 1 saturated heterocycles. The van der Waals surface area contributed by atoms with Crippen molar-refractivity contribution in [3.63, 3.8) is 0 Å². The standard InChI is InChI=1S/C16H21NO2S/c1-2-19-14-7-5-13(6-8-14)16-17(11-12-3-4-12)15(18)9-10-20-16/h5-8,12,16H,2-4,9-11H2,1H3. The fourth-order valence-electron chi connectivity index (χ4n) is 2.57. The molecule has 1 aromatic carbocycles. The van der Waals surface area contributed by atoms with Gasteiger partial charge in [0.1, 0.15) is 11.1 Å². The van der Waals surface area contributed by atoms with E-state index in [2.05, 4.69) is 17.0 Å². The molecule has 1 aromatic rings. The lowest BCUT2D eigenvalue weighted by molar-refractivity contribution is -0.132. The monoisotopic (exact) mass is 291 g/mol. The normalized spacial score (nSPS) is 22.9. The Labute approximate surface area is 124 Å². The van der Waals surface area contributed by atoms with Crippen LogP contribution in [-0.4, -0.2) is 29.7 Å². The van der Waals surface area contributed by atoms with Crippen LogP contribution in [0.2, 0.25) is 0 Å². The minimum atomic E-state index is 0.188. The van der Waals surface area contributed by atoms with Crippen molar-refractivity contribution in [1.82, 2.24) is 4.90 Å². The van der Waals surface area contributed by atoms with Crippen LogP contribution in [0.15, 0.2) is 24.3 Å². The second-order valence-electron chi connectivity index (χ2n) is 5.46. The number of benzene rings is 1. The number of nitrogens with zero attached hydrogens (tertiary/aromatic N) is 1. The van der Waals surface area contributed by atoms with E-state index < -0.39 is 0 Å². The molecule has 108 valence electrons. The number of hydrogen-bond donors (Lipinski definition) is 0. The third-order valence-electron chi connectivity index (χ3n) is 3.82. The van der Waals surface area contributed by atoms with Crippen LogP contribution < -0.4 is 4.74 Å². The van der Waals surface area contributed by atoms with Crippen LogP contribution in [-0.2, 0) is 4.79 Å². The average Bonchev–Trinajstić information content (AvgIpc) is 3.27. The topological polar surface area (TPSA) is 29.5 Å². The molecule has 0 N–H and O–H groups in total. The van der Waals surface area contributed by atoms with Crippen LogP contribution in [0.3, 0.4) is 0 Å². The van der Waals surface area contributed by atoms with Gasteiger partial charge in [-0.15, -0.1) is 11.8 Å². The summed E-state index contributed by atoms with van der Waals surface area (Å²) in [5, 5.41) is 0.188. The zero-order chi connectivity index (χ0) is 13.9. The van der Waals surface area contributed by atoms with Gasteiger partial charge < -0.3 is 9.64 Å². The third-order valence-corrected chi connectivity index (χ3v) is 5.11. The molecule has 3 rings (SSSR count). The molecular formula is C16H21NO2S. The lowest BCUT2D eigenvalue weighted by Crippen LogP contribution is -2.38. The van der Waals surface area contributed by atoms with Crippen LogP contribution in [0, 0.1) is 5.92 Å². The number of carbonyl (C=O) groups is 1. The Balaban J connectivity index is 1.76. The maximum absolute atomic E-state index is 12.2. The van der Waals surface area contributed by atoms with E-state index >= 15 is 0 Å². The summed E-state index contributed by atoms with van der Waals surface area (Å²) in [6.07, 6.45) is 3.25. The first-order valence-corrected chi connectivity index (χ1v) is 8.46. The zero-order valence-corrected chi connectivity index (χ0v) is 12.7. The Morgan fingerprint density at radius 1 is 1.30 bits per heavy atom. The summed E-state index contributed by atoms with van der Waals surface area (Å²) in [6, 6.07) is 8.21. The van der Waals surface area contributed by atoms with Crippen molar-refractivity contribution in [3.05, 3.63) is 29.8 Å². The summed E-state index contributed by atoms with van der Waals surface area (Å²) >= 11 is 1.88. The minimum absolute atomic E-state index is 0.188. The van der Waals surface area contributed by atoms with Gasteiger partial charge in [0.25, 0.3) is 0 Å². The van der Waals surface area contributed by atoms with Crippen LogP contribution in [0.1, 0.15) is 37.1 Å². The third kappa shape index (κ3) is 3.11. The first-order valence-electron chi connectivity index (χ1n) is 7.41. The number of hydrogen-bond acceptors (Lipinski definition) is 3. The molecule has 1 heterocycles. The number of carbonyl (C=O) groups excluding carboxylic acids is 1. The van der Waals surface area contributed by atoms with Crippen molar-refractivity contribution in [2.24, 2.45) is 5.92 Å². The highest BCUT2D eigenvalue weighted by Gasteiger charge is 2.34. The van der Waals surface area contributed by atoms with E-state index in [9.17, 15) is 4.79 Å². The summed E-state index contributed by atoms with van der Waals surface area (Å²) < 4.78 is 5.48. The van der Waals surface area contributed by atoms with Crippen molar-refractivity contribution in [1.29, 1.82) is 0 Å². The van der Waals surface area contributed by atoms with Crippen LogP contribution in [0.25, 0.3) is 0 Å². The summed E-state index contributed by atoms with van der Waals surface area (Å²) in [6.45, 7) is 3.61. The van der Waals surface area contributed by atoms with Crippen molar-refractivity contribution in [3.8, 4) is 5.75 Å². The highest BCUT2D eigenvalue weighted by molar-refractivity contribution is 7.99. The first-order chi connectivity index (χ1) is 9.78. The minimum Gasteiger partial charge on any atom is -0.494 e. The molecule has 0 bridgehead atoms. The molecule has 1 amide bonds. The Morgan fingerprint density at radius 3 is 2.70 bits per heavy atom. The predicted octanol–water partition coefficient (Wildman–Crippen LogP) is 3.46. The summed E-state index contributed by atoms with van der Waals surface area (Å²) in [4.78, 5) is 14.3. The van der Waals surface area contributed by atoms with Crippen molar-refractivity contribution < 1.29 is 9.53 Å². The van der Waals surface area contributed by atoms with E-state index in [1.165, 1.54) is 18.4 Å². The summed E-state index contributed by atoms with van der Waals surface area (Å²) in [5.41, 5.74) is 1.21. The largest absolute Gasteiger partial charge is 0.494 e. The Morgan fingerprint density at radius 2 is 2.05 bits per heavy atom. The second-order valence-corrected chi connectivity index (χ2v) is 6.65. The van der Waals surface area contributed by atoms with Crippen molar-refractivity contribution in [2.75, 3.05) is 18.9 Å². The fraction of sp³-hybridized carbons (Fsp3) is 0.562. The SMILES string of the molecule is CCOc1ccc(C2SCCC(=O)N2CC2CC2)cc1. The highest BCUT2D eigenvalue weighted by atomic mass is 32.2. The lowest BCUT2D eigenvalue weighted by Gasteiger charge is -2.35. The van der Waals surface area contributed by atoms with E-state index in [-0.39, 0.29) is 5.37 Å². The number of ether oxygens (including phenoxy) is 1. The van der Waals surface area contributed by atoms with Gasteiger partial charge in [-0.05, 0) is 43.4 Å². The number of rotatable bonds is 5. The molecule has 0 aromatic heterocycles. The smallest absolute Gasteiger partial charge is 0.224 e. The molecule has 1 aliphatic heterocycles. The van der Waals surface area contributed by atoms with E-state index in [1.54, 1.807) is 0 Å². The van der Waals surface area contributed by atoms with E-state index in [0.717, 1.165) is 24.0 Å². The van der Waals surface area contributed by atoms with Gasteiger partial charge >= 0.3 is 0 Å². The maximum Gasteiger partial charge on any atom is 0.224 e. The Kier molecular flexibility index (Phi) is 4.20. The van der Waals surface area contributed by atoms with Crippen molar-refractivity contribution >= 4 is 17.7 Å². The molecular weight excluding hydrogens is 270 g/mol. The summed E-state index contributed by atoms with van der Waals surface area (Å²) in [7, 11) is 0. The van der Waals surface area contributed by atoms with E-state index in [0.29, 0.717) is 18.9 Å². The van der Waals surface area contributed by atoms with Gasteiger partial charge in [0.2, 0.25) is 5.91 Å². The van der Waals surface area contributed by atoms with Crippen LogP contribution >= 0.6 is 11.8 Å². The van der Waals surface area contributed by atoms with Gasteiger partial charge in [-0.1, -0.05) is 12.1 Å². The van der Waals surface area contributed by atoms with Crippen molar-refractivity contribution in [2.45, 2.75) is 31.6 Å². The molecule has 1 unspecified atom stereocenters. The lowest BCUT2D eigenvalue weighted by atomic mass is 10.1. The van der Waals surface area contributed by atoms with Crippen LogP contribution in [0.4, 0.5) is 0 Å². The Hall–Kier alpha value is -1.16. The molecule has 1 saturated carbocycles. The highest BCUT2D eigenvalue weighted by Crippen LogP contribution is 2.41. The van der Waals surface area contributed by atoms with E-state index in [4.69, 9.17) is 4.74 Å². The second kappa shape index (κ2) is 6.08. The molecule has 3 nitrogen and oxygen atoms in total. The summed E-state index contributed by atoms with van der Waals surface area (Å²) in [5.74, 6) is 2.88. The first kappa shape index (κ1) is 13.8. The quantitative estimate of drug-likeness (QED) is 0.832. The molecule has 1 atom stereocenters. The molecule has 0 radical (unpaired) electrons. The van der Waals surface area contributed by atoms with Gasteiger partial charge in [0, 0.05) is 18.7 Å². The fourth-order valence-corrected chi connectivity index (χ4v) is 3.82. The molecule has 4 heteroatoms. The Bertz CT molecular complexity index is 470. The number of thioether (sulfide) groups is 1. The van der Waals surface area contributed by atoms with Crippen LogP contribution in [0.5, 0.6) is 5.75 Å². The zero-order valence-electron chi connectivity index (χ0n) is 11.9. The molecule has 2 fully saturated rings. The van der Waals surface area contributed by atoms with Gasteiger partial charge in [0.15, 0.2) is 0 Å². The van der Waals surface area contributed by atoms with Gasteiger partial charge in [-0.3, -0.25) is 4.79 Å². The average molecular weight is 291 g/mol. The van der Waals surface area contributed by atoms with Gasteiger partial charge in [-0.2, -0.15) is 0 Å². The molecule has 0 spiro atoms. The maximum atomic E-state index is 12.2. The van der Waals surface area contributed by atoms with E-state index in [1.807, 2.05) is 30.8 Å². The van der Waals surface area contributed by atoms with Gasteiger partial charge in [-0.25, -0.2) is 0 Å². The molecule has 20 heavy (non-hydrogen) atoms. The van der Waals surface area contributed by atoms with Gasteiger partial charge in [0.05, 0.1) is 6.61 Å². The predicted molar refractivity (Wildman–Crippen MR) is 81.9 cm³/mol. The number of amides is 1. The molecule has 1 aliphatic carbocycles. The molecule has 2 aliphatic rings.